The highest BCUT2D eigenvalue weighted by Gasteiger charge is 2.25. The Morgan fingerprint density at radius 3 is 2.65 bits per heavy atom. The summed E-state index contributed by atoms with van der Waals surface area (Å²) in [6.45, 7) is 4.07. The first-order chi connectivity index (χ1) is 12.5. The van der Waals surface area contributed by atoms with Crippen LogP contribution in [0, 0.1) is 19.7 Å². The smallest absolute Gasteiger partial charge is 0.256 e. The summed E-state index contributed by atoms with van der Waals surface area (Å²) in [4.78, 5) is 12.7. The lowest BCUT2D eigenvalue weighted by Crippen LogP contribution is -2.16. The summed E-state index contributed by atoms with van der Waals surface area (Å²) < 4.78 is 15.3. The molecule has 0 radical (unpaired) electrons. The highest BCUT2D eigenvalue weighted by molar-refractivity contribution is 7.98. The van der Waals surface area contributed by atoms with Gasteiger partial charge < -0.3 is 5.32 Å². The Balaban J connectivity index is 1.77. The molecule has 1 aromatic heterocycles. The molecule has 3 aromatic rings. The lowest BCUT2D eigenvalue weighted by molar-refractivity contribution is 0.102. The molecule has 0 saturated heterocycles. The number of carbonyl (C=O) groups is 1. The predicted octanol–water partition coefficient (Wildman–Crippen LogP) is 4.63. The van der Waals surface area contributed by atoms with E-state index in [-0.39, 0.29) is 11.5 Å². The molecule has 1 amide bonds. The van der Waals surface area contributed by atoms with Crippen molar-refractivity contribution in [2.75, 3.05) is 5.32 Å². The van der Waals surface area contributed by atoms with Crippen molar-refractivity contribution in [3.8, 4) is 5.69 Å². The minimum atomic E-state index is -0.429. The molecule has 2 aromatic carbocycles. The molecule has 6 heteroatoms. The van der Waals surface area contributed by atoms with Gasteiger partial charge >= 0.3 is 0 Å². The third kappa shape index (κ3) is 3.12. The largest absolute Gasteiger partial charge is 0.306 e. The van der Waals surface area contributed by atoms with Crippen LogP contribution in [0.15, 0.2) is 42.5 Å². The fraction of sp³-hybridized carbons (Fsp3) is 0.200. The number of benzene rings is 2. The number of nitrogens with one attached hydrogen (secondary N) is 1. The number of anilines is 1. The van der Waals surface area contributed by atoms with E-state index in [9.17, 15) is 9.18 Å². The van der Waals surface area contributed by atoms with E-state index in [1.165, 1.54) is 18.2 Å². The fourth-order valence-electron chi connectivity index (χ4n) is 3.21. The highest BCUT2D eigenvalue weighted by Crippen LogP contribution is 2.36. The van der Waals surface area contributed by atoms with E-state index >= 15 is 0 Å². The van der Waals surface area contributed by atoms with Gasteiger partial charge in [-0.25, -0.2) is 9.07 Å². The molecule has 4 nitrogen and oxygen atoms in total. The zero-order chi connectivity index (χ0) is 18.3. The number of hydrogen-bond donors (Lipinski definition) is 1. The SMILES string of the molecule is Cc1cc(C)cc(-n2nc3c(c2NC(=O)c2cccc(F)c2)CSC3)c1. The van der Waals surface area contributed by atoms with Crippen LogP contribution in [0.2, 0.25) is 0 Å². The van der Waals surface area contributed by atoms with Crippen LogP contribution in [0.3, 0.4) is 0 Å². The Kier molecular flexibility index (Phi) is 4.28. The predicted molar refractivity (Wildman–Crippen MR) is 102 cm³/mol. The number of amides is 1. The summed E-state index contributed by atoms with van der Waals surface area (Å²) in [6.07, 6.45) is 0. The van der Waals surface area contributed by atoms with E-state index < -0.39 is 5.82 Å². The maximum absolute atomic E-state index is 13.5. The third-order valence-corrected chi connectivity index (χ3v) is 5.29. The van der Waals surface area contributed by atoms with Crippen molar-refractivity contribution in [3.05, 3.63) is 76.2 Å². The Morgan fingerprint density at radius 1 is 1.15 bits per heavy atom. The summed E-state index contributed by atoms with van der Waals surface area (Å²) in [6, 6.07) is 11.9. The maximum Gasteiger partial charge on any atom is 0.256 e. The maximum atomic E-state index is 13.5. The monoisotopic (exact) mass is 367 g/mol. The molecule has 1 aliphatic heterocycles. The first-order valence-corrected chi connectivity index (χ1v) is 9.51. The lowest BCUT2D eigenvalue weighted by Gasteiger charge is -2.12. The molecule has 0 unspecified atom stereocenters. The van der Waals surface area contributed by atoms with Crippen LogP contribution in [0.4, 0.5) is 10.2 Å². The van der Waals surface area contributed by atoms with Crippen LogP contribution in [-0.4, -0.2) is 15.7 Å². The zero-order valence-electron chi connectivity index (χ0n) is 14.5. The van der Waals surface area contributed by atoms with Gasteiger partial charge in [-0.05, 0) is 55.3 Å². The summed E-state index contributed by atoms with van der Waals surface area (Å²) in [5, 5.41) is 7.67. The first kappa shape index (κ1) is 16.8. The summed E-state index contributed by atoms with van der Waals surface area (Å²) in [5.41, 5.74) is 5.50. The second-order valence-electron chi connectivity index (χ2n) is 6.49. The summed E-state index contributed by atoms with van der Waals surface area (Å²) >= 11 is 1.77. The number of halogens is 1. The molecule has 0 atom stereocenters. The average molecular weight is 367 g/mol. The van der Waals surface area contributed by atoms with Gasteiger partial charge in [0.2, 0.25) is 0 Å². The molecule has 4 rings (SSSR count). The van der Waals surface area contributed by atoms with Crippen LogP contribution >= 0.6 is 11.8 Å². The number of aryl methyl sites for hydroxylation is 2. The molecule has 132 valence electrons. The lowest BCUT2D eigenvalue weighted by atomic mass is 10.1. The van der Waals surface area contributed by atoms with Gasteiger partial charge in [0.05, 0.1) is 11.4 Å². The van der Waals surface area contributed by atoms with Crippen molar-refractivity contribution in [1.29, 1.82) is 0 Å². The number of carbonyl (C=O) groups excluding carboxylic acids is 1. The molecule has 1 aliphatic rings. The van der Waals surface area contributed by atoms with Crippen molar-refractivity contribution in [3.63, 3.8) is 0 Å². The van der Waals surface area contributed by atoms with Gasteiger partial charge in [0.15, 0.2) is 0 Å². The van der Waals surface area contributed by atoms with Gasteiger partial charge in [0, 0.05) is 22.6 Å². The van der Waals surface area contributed by atoms with Crippen LogP contribution in [0.1, 0.15) is 32.7 Å². The summed E-state index contributed by atoms with van der Waals surface area (Å²) in [5.74, 6) is 1.54. The van der Waals surface area contributed by atoms with E-state index in [2.05, 4.69) is 11.4 Å². The quantitative estimate of drug-likeness (QED) is 0.734. The van der Waals surface area contributed by atoms with Gasteiger partial charge in [0.1, 0.15) is 11.6 Å². The van der Waals surface area contributed by atoms with Gasteiger partial charge in [-0.2, -0.15) is 16.9 Å². The number of nitrogens with zero attached hydrogens (tertiary/aromatic N) is 2. The second-order valence-corrected chi connectivity index (χ2v) is 7.47. The molecule has 0 bridgehead atoms. The second kappa shape index (κ2) is 6.61. The van der Waals surface area contributed by atoms with E-state index in [1.54, 1.807) is 22.5 Å². The molecule has 0 aliphatic carbocycles. The van der Waals surface area contributed by atoms with Crippen LogP contribution in [-0.2, 0) is 11.5 Å². The molecule has 1 N–H and O–H groups in total. The number of fused-ring (bicyclic) bond motifs is 1. The van der Waals surface area contributed by atoms with Crippen LogP contribution < -0.4 is 5.32 Å². The Bertz CT molecular complexity index is 992. The molecule has 0 fully saturated rings. The van der Waals surface area contributed by atoms with E-state index in [1.807, 2.05) is 26.0 Å². The third-order valence-electron chi connectivity index (χ3n) is 4.32. The highest BCUT2D eigenvalue weighted by atomic mass is 32.2. The van der Waals surface area contributed by atoms with E-state index in [0.29, 0.717) is 5.82 Å². The minimum absolute atomic E-state index is 0.289. The van der Waals surface area contributed by atoms with Crippen molar-refractivity contribution in [1.82, 2.24) is 9.78 Å². The Hall–Kier alpha value is -2.60. The van der Waals surface area contributed by atoms with Crippen molar-refractivity contribution >= 4 is 23.5 Å². The van der Waals surface area contributed by atoms with Crippen molar-refractivity contribution in [2.24, 2.45) is 0 Å². The average Bonchev–Trinajstić information content (AvgIpc) is 3.16. The zero-order valence-corrected chi connectivity index (χ0v) is 15.4. The normalized spacial score (nSPS) is 12.9. The number of rotatable bonds is 3. The van der Waals surface area contributed by atoms with Gasteiger partial charge in [-0.1, -0.05) is 12.1 Å². The van der Waals surface area contributed by atoms with Crippen molar-refractivity contribution < 1.29 is 9.18 Å². The van der Waals surface area contributed by atoms with Crippen LogP contribution in [0.5, 0.6) is 0 Å². The fourth-order valence-corrected chi connectivity index (χ4v) is 4.25. The number of hydrogen-bond acceptors (Lipinski definition) is 3. The topological polar surface area (TPSA) is 46.9 Å². The summed E-state index contributed by atoms with van der Waals surface area (Å²) in [7, 11) is 0. The van der Waals surface area contributed by atoms with E-state index in [4.69, 9.17) is 5.10 Å². The molecule has 0 saturated carbocycles. The van der Waals surface area contributed by atoms with Gasteiger partial charge in [-0.15, -0.1) is 0 Å². The molecule has 2 heterocycles. The van der Waals surface area contributed by atoms with Gasteiger partial charge in [-0.3, -0.25) is 4.79 Å². The first-order valence-electron chi connectivity index (χ1n) is 8.35. The molecular formula is C20H18FN3OS. The number of aromatic nitrogens is 2. The molecule has 26 heavy (non-hydrogen) atoms. The Labute approximate surface area is 155 Å². The van der Waals surface area contributed by atoms with E-state index in [0.717, 1.165) is 39.6 Å². The minimum Gasteiger partial charge on any atom is -0.306 e. The van der Waals surface area contributed by atoms with Crippen LogP contribution in [0.25, 0.3) is 5.69 Å². The number of thioether (sulfide) groups is 1. The standard InChI is InChI=1S/C20H18FN3OS/c1-12-6-13(2)8-16(7-12)24-19(17-10-26-11-18(17)23-24)22-20(25)14-4-3-5-15(21)9-14/h3-9H,10-11H2,1-2H3,(H,22,25). The van der Waals surface area contributed by atoms with Gasteiger partial charge in [0.25, 0.3) is 5.91 Å². The Morgan fingerprint density at radius 2 is 1.92 bits per heavy atom. The molecule has 0 spiro atoms. The molecular weight excluding hydrogens is 349 g/mol. The van der Waals surface area contributed by atoms with Crippen molar-refractivity contribution in [2.45, 2.75) is 25.4 Å².